The van der Waals surface area contributed by atoms with Crippen LogP contribution in [0.15, 0.2) is 84.6 Å². The zero-order valence-electron chi connectivity index (χ0n) is 12.7. The number of nitrogens with zero attached hydrogens (tertiary/aromatic N) is 3. The first-order chi connectivity index (χ1) is 11.2. The Hall–Kier alpha value is -2.88. The fourth-order valence-electron chi connectivity index (χ4n) is 3.10. The van der Waals surface area contributed by atoms with Crippen LogP contribution in [0.5, 0.6) is 0 Å². The summed E-state index contributed by atoms with van der Waals surface area (Å²) in [5.41, 5.74) is 4.39. The predicted octanol–water partition coefficient (Wildman–Crippen LogP) is 4.01. The van der Waals surface area contributed by atoms with Crippen LogP contribution in [0.1, 0.15) is 11.6 Å². The summed E-state index contributed by atoms with van der Waals surface area (Å²) in [6.07, 6.45) is 12.0. The van der Waals surface area contributed by atoms with Gasteiger partial charge in [0, 0.05) is 31.3 Å². The minimum Gasteiger partial charge on any atom is -0.350 e. The third kappa shape index (κ3) is 2.32. The van der Waals surface area contributed by atoms with Crippen molar-refractivity contribution in [1.29, 1.82) is 0 Å². The molecule has 1 unspecified atom stereocenters. The highest BCUT2D eigenvalue weighted by atomic mass is 19.1. The van der Waals surface area contributed by atoms with Crippen molar-refractivity contribution in [2.75, 3.05) is 11.9 Å². The molecule has 0 saturated carbocycles. The predicted molar refractivity (Wildman–Crippen MR) is 88.9 cm³/mol. The minimum absolute atomic E-state index is 0.0621. The zero-order valence-corrected chi connectivity index (χ0v) is 12.7. The average Bonchev–Trinajstić information content (AvgIpc) is 2.97. The van der Waals surface area contributed by atoms with E-state index in [1.54, 1.807) is 12.4 Å². The van der Waals surface area contributed by atoms with Gasteiger partial charge >= 0.3 is 0 Å². The number of aromatic nitrogens is 1. The normalized spacial score (nSPS) is 19.5. The molecule has 2 aromatic rings. The summed E-state index contributed by atoms with van der Waals surface area (Å²) in [4.78, 5) is 8.44. The van der Waals surface area contributed by atoms with E-state index in [4.69, 9.17) is 0 Å². The van der Waals surface area contributed by atoms with Gasteiger partial charge in [-0.3, -0.25) is 4.98 Å². The maximum absolute atomic E-state index is 13.3. The number of halogens is 1. The van der Waals surface area contributed by atoms with E-state index < -0.39 is 0 Å². The molecule has 2 aliphatic rings. The van der Waals surface area contributed by atoms with Gasteiger partial charge in [0.1, 0.15) is 5.82 Å². The Morgan fingerprint density at radius 3 is 2.48 bits per heavy atom. The van der Waals surface area contributed by atoms with Gasteiger partial charge in [0.25, 0.3) is 0 Å². The summed E-state index contributed by atoms with van der Waals surface area (Å²) in [6, 6.07) is 10.7. The van der Waals surface area contributed by atoms with Gasteiger partial charge in [-0.15, -0.1) is 0 Å². The van der Waals surface area contributed by atoms with Crippen molar-refractivity contribution < 1.29 is 4.39 Å². The van der Waals surface area contributed by atoms with Crippen LogP contribution < -0.4 is 4.90 Å². The minimum atomic E-state index is -0.226. The molecule has 2 aliphatic heterocycles. The first kappa shape index (κ1) is 13.8. The van der Waals surface area contributed by atoms with Crippen LogP contribution in [-0.2, 0) is 0 Å². The monoisotopic (exact) mass is 305 g/mol. The molecule has 3 heterocycles. The Balaban J connectivity index is 1.84. The average molecular weight is 305 g/mol. The third-order valence-corrected chi connectivity index (χ3v) is 4.21. The lowest BCUT2D eigenvalue weighted by Crippen LogP contribution is -2.25. The van der Waals surface area contributed by atoms with E-state index >= 15 is 0 Å². The summed E-state index contributed by atoms with van der Waals surface area (Å²) in [5, 5.41) is 0. The second kappa shape index (κ2) is 5.39. The number of benzene rings is 1. The Kier molecular flexibility index (Phi) is 3.23. The first-order valence-corrected chi connectivity index (χ1v) is 7.52. The van der Waals surface area contributed by atoms with Crippen molar-refractivity contribution in [3.8, 4) is 0 Å². The van der Waals surface area contributed by atoms with Crippen LogP contribution in [-0.4, -0.2) is 16.9 Å². The Morgan fingerprint density at radius 2 is 1.74 bits per heavy atom. The molecule has 0 aliphatic carbocycles. The van der Waals surface area contributed by atoms with Crippen molar-refractivity contribution in [1.82, 2.24) is 9.88 Å². The van der Waals surface area contributed by atoms with Crippen LogP contribution in [0.3, 0.4) is 0 Å². The maximum Gasteiger partial charge on any atom is 0.123 e. The lowest BCUT2D eigenvalue weighted by molar-refractivity contribution is 0.575. The molecule has 0 spiro atoms. The molecular weight excluding hydrogens is 289 g/mol. The number of anilines is 1. The molecule has 0 radical (unpaired) electrons. The summed E-state index contributed by atoms with van der Waals surface area (Å²) < 4.78 is 13.3. The van der Waals surface area contributed by atoms with Crippen molar-refractivity contribution in [3.05, 3.63) is 96.0 Å². The molecule has 0 saturated heterocycles. The van der Waals surface area contributed by atoms with Crippen LogP contribution >= 0.6 is 0 Å². The van der Waals surface area contributed by atoms with Gasteiger partial charge in [-0.1, -0.05) is 0 Å². The molecule has 114 valence electrons. The van der Waals surface area contributed by atoms with Crippen molar-refractivity contribution >= 4 is 5.69 Å². The van der Waals surface area contributed by atoms with Gasteiger partial charge < -0.3 is 9.80 Å². The topological polar surface area (TPSA) is 19.4 Å². The summed E-state index contributed by atoms with van der Waals surface area (Å²) in [6.45, 7) is 0. The molecule has 1 aromatic carbocycles. The van der Waals surface area contributed by atoms with Crippen LogP contribution in [0.4, 0.5) is 10.1 Å². The molecule has 4 heteroatoms. The number of rotatable bonds is 2. The van der Waals surface area contributed by atoms with Gasteiger partial charge in [-0.05, 0) is 60.2 Å². The molecule has 0 bridgehead atoms. The van der Waals surface area contributed by atoms with Gasteiger partial charge in [-0.25, -0.2) is 4.39 Å². The van der Waals surface area contributed by atoms with Crippen molar-refractivity contribution in [2.24, 2.45) is 0 Å². The number of allylic oxidation sites excluding steroid dienone is 2. The lowest BCUT2D eigenvalue weighted by atomic mass is 10.1. The summed E-state index contributed by atoms with van der Waals surface area (Å²) >= 11 is 0. The van der Waals surface area contributed by atoms with E-state index in [1.165, 1.54) is 12.1 Å². The van der Waals surface area contributed by atoms with E-state index in [9.17, 15) is 4.39 Å². The highest BCUT2D eigenvalue weighted by Gasteiger charge is 2.33. The smallest absolute Gasteiger partial charge is 0.123 e. The van der Waals surface area contributed by atoms with E-state index in [-0.39, 0.29) is 11.9 Å². The largest absolute Gasteiger partial charge is 0.350 e. The molecule has 0 N–H and O–H groups in total. The Morgan fingerprint density at radius 1 is 1.00 bits per heavy atom. The highest BCUT2D eigenvalue weighted by molar-refractivity contribution is 5.65. The van der Waals surface area contributed by atoms with E-state index in [1.807, 2.05) is 43.6 Å². The fraction of sp³-hybridized carbons (Fsp3) is 0.105. The van der Waals surface area contributed by atoms with E-state index in [2.05, 4.69) is 26.9 Å². The van der Waals surface area contributed by atoms with E-state index in [0.29, 0.717) is 0 Å². The molecular formula is C19H16FN3. The standard InChI is InChI=1S/C19H16FN3/c1-22-12-2-3-17-19(22)13-18(14-8-10-21-11-9-14)23(17)16-6-4-15(20)5-7-16/h2-13,18H,1H3. The number of fused-ring (bicyclic) bond motifs is 1. The summed E-state index contributed by atoms with van der Waals surface area (Å²) in [5.74, 6) is -0.226. The van der Waals surface area contributed by atoms with Gasteiger partial charge in [-0.2, -0.15) is 0 Å². The van der Waals surface area contributed by atoms with Gasteiger partial charge in [0.05, 0.1) is 17.4 Å². The SMILES string of the molecule is CN1C=CC=C2C1=CC(c1ccncc1)N2c1ccc(F)cc1. The number of hydrogen-bond donors (Lipinski definition) is 0. The highest BCUT2D eigenvalue weighted by Crippen LogP contribution is 2.42. The molecule has 3 nitrogen and oxygen atoms in total. The molecule has 1 atom stereocenters. The van der Waals surface area contributed by atoms with Crippen LogP contribution in [0.25, 0.3) is 0 Å². The summed E-state index contributed by atoms with van der Waals surface area (Å²) in [7, 11) is 2.03. The van der Waals surface area contributed by atoms with Crippen molar-refractivity contribution in [2.45, 2.75) is 6.04 Å². The molecule has 4 rings (SSSR count). The number of hydrogen-bond acceptors (Lipinski definition) is 3. The second-order valence-electron chi connectivity index (χ2n) is 5.63. The zero-order chi connectivity index (χ0) is 15.8. The van der Waals surface area contributed by atoms with Crippen LogP contribution in [0.2, 0.25) is 0 Å². The third-order valence-electron chi connectivity index (χ3n) is 4.21. The lowest BCUT2D eigenvalue weighted by Gasteiger charge is -2.31. The first-order valence-electron chi connectivity index (χ1n) is 7.52. The molecule has 1 aromatic heterocycles. The Bertz CT molecular complexity index is 806. The Labute approximate surface area is 134 Å². The molecule has 0 amide bonds. The van der Waals surface area contributed by atoms with Gasteiger partial charge in [0.15, 0.2) is 0 Å². The second-order valence-corrected chi connectivity index (χ2v) is 5.63. The molecule has 0 fully saturated rings. The fourth-order valence-corrected chi connectivity index (χ4v) is 3.10. The van der Waals surface area contributed by atoms with E-state index in [0.717, 1.165) is 22.6 Å². The number of likely N-dealkylation sites (N-methyl/N-ethyl adjacent to an activating group) is 1. The maximum atomic E-state index is 13.3. The van der Waals surface area contributed by atoms with Crippen LogP contribution in [0, 0.1) is 5.82 Å². The van der Waals surface area contributed by atoms with Crippen molar-refractivity contribution in [3.63, 3.8) is 0 Å². The molecule has 23 heavy (non-hydrogen) atoms. The quantitative estimate of drug-likeness (QED) is 0.835. The van der Waals surface area contributed by atoms with Gasteiger partial charge in [0.2, 0.25) is 0 Å². The number of pyridine rings is 1.